The SMILES string of the molecule is O[B]Oc1ccc2c(c1)sc1ccccc12. The Hall–Kier alpha value is -1.52. The van der Waals surface area contributed by atoms with Gasteiger partial charge >= 0.3 is 7.69 Å². The zero-order valence-electron chi connectivity index (χ0n) is 8.38. The van der Waals surface area contributed by atoms with Crippen LogP contribution in [0.4, 0.5) is 0 Å². The molecular weight excluding hydrogens is 219 g/mol. The molecule has 0 saturated carbocycles. The van der Waals surface area contributed by atoms with E-state index in [2.05, 4.69) is 12.1 Å². The Bertz CT molecular complexity index is 648. The molecule has 16 heavy (non-hydrogen) atoms. The maximum Gasteiger partial charge on any atom is 0.569 e. The van der Waals surface area contributed by atoms with Crippen molar-refractivity contribution in [1.29, 1.82) is 0 Å². The molecule has 77 valence electrons. The third-order valence-corrected chi connectivity index (χ3v) is 3.67. The van der Waals surface area contributed by atoms with Crippen molar-refractivity contribution < 1.29 is 9.68 Å². The largest absolute Gasteiger partial charge is 0.569 e. The van der Waals surface area contributed by atoms with Crippen molar-refractivity contribution in [3.63, 3.8) is 0 Å². The lowest BCUT2D eigenvalue weighted by molar-refractivity contribution is 0.454. The van der Waals surface area contributed by atoms with Gasteiger partial charge in [0.05, 0.1) is 0 Å². The van der Waals surface area contributed by atoms with Crippen molar-refractivity contribution in [3.8, 4) is 5.75 Å². The predicted octanol–water partition coefficient (Wildman–Crippen LogP) is 2.96. The third kappa shape index (κ3) is 1.47. The number of fused-ring (bicyclic) bond motifs is 3. The Morgan fingerprint density at radius 3 is 2.69 bits per heavy atom. The van der Waals surface area contributed by atoms with E-state index in [4.69, 9.17) is 9.68 Å². The zero-order valence-corrected chi connectivity index (χ0v) is 9.20. The Morgan fingerprint density at radius 2 is 1.81 bits per heavy atom. The molecule has 4 heteroatoms. The van der Waals surface area contributed by atoms with Crippen molar-refractivity contribution >= 4 is 39.2 Å². The van der Waals surface area contributed by atoms with Crippen molar-refractivity contribution in [1.82, 2.24) is 0 Å². The first-order valence-corrected chi connectivity index (χ1v) is 5.74. The van der Waals surface area contributed by atoms with E-state index in [1.165, 1.54) is 20.2 Å². The Morgan fingerprint density at radius 1 is 1.00 bits per heavy atom. The van der Waals surface area contributed by atoms with Gasteiger partial charge in [-0.05, 0) is 24.3 Å². The van der Waals surface area contributed by atoms with Crippen LogP contribution in [0.15, 0.2) is 42.5 Å². The fourth-order valence-electron chi connectivity index (χ4n) is 1.84. The average molecular weight is 227 g/mol. The lowest BCUT2D eigenvalue weighted by atomic mass is 10.1. The molecule has 0 aliphatic heterocycles. The van der Waals surface area contributed by atoms with Crippen molar-refractivity contribution in [2.45, 2.75) is 0 Å². The van der Waals surface area contributed by atoms with Crippen LogP contribution in [0, 0.1) is 0 Å². The van der Waals surface area contributed by atoms with Crippen molar-refractivity contribution in [2.75, 3.05) is 0 Å². The van der Waals surface area contributed by atoms with Crippen molar-refractivity contribution in [3.05, 3.63) is 42.5 Å². The van der Waals surface area contributed by atoms with Crippen LogP contribution in [0.5, 0.6) is 5.75 Å². The van der Waals surface area contributed by atoms with Crippen LogP contribution in [0.1, 0.15) is 0 Å². The summed E-state index contributed by atoms with van der Waals surface area (Å²) < 4.78 is 7.38. The second-order valence-corrected chi connectivity index (χ2v) is 4.56. The molecule has 3 rings (SSSR count). The second-order valence-electron chi connectivity index (χ2n) is 3.48. The van der Waals surface area contributed by atoms with Gasteiger partial charge in [0.25, 0.3) is 0 Å². The van der Waals surface area contributed by atoms with E-state index in [1.54, 1.807) is 11.3 Å². The van der Waals surface area contributed by atoms with E-state index in [0.29, 0.717) is 13.4 Å². The highest BCUT2D eigenvalue weighted by atomic mass is 32.1. The Kier molecular flexibility index (Phi) is 2.31. The van der Waals surface area contributed by atoms with Gasteiger partial charge < -0.3 is 9.68 Å². The molecule has 0 aliphatic rings. The predicted molar refractivity (Wildman–Crippen MR) is 67.9 cm³/mol. The van der Waals surface area contributed by atoms with Gasteiger partial charge in [-0.15, -0.1) is 11.3 Å². The summed E-state index contributed by atoms with van der Waals surface area (Å²) in [6.07, 6.45) is 0. The molecule has 0 saturated heterocycles. The van der Waals surface area contributed by atoms with Crippen LogP contribution in [0.2, 0.25) is 0 Å². The lowest BCUT2D eigenvalue weighted by Crippen LogP contribution is -1.98. The molecule has 0 unspecified atom stereocenters. The number of rotatable bonds is 2. The van der Waals surface area contributed by atoms with Gasteiger partial charge in [-0.25, -0.2) is 0 Å². The van der Waals surface area contributed by atoms with Gasteiger partial charge in [0.15, 0.2) is 0 Å². The van der Waals surface area contributed by atoms with E-state index in [0.717, 1.165) is 0 Å². The maximum absolute atomic E-state index is 8.59. The lowest BCUT2D eigenvalue weighted by Gasteiger charge is -2.00. The first-order valence-electron chi connectivity index (χ1n) is 4.92. The summed E-state index contributed by atoms with van der Waals surface area (Å²) in [6, 6.07) is 14.1. The highest BCUT2D eigenvalue weighted by Gasteiger charge is 2.05. The van der Waals surface area contributed by atoms with Crippen LogP contribution in [0.3, 0.4) is 0 Å². The standard InChI is InChI=1S/C12H8BO2S/c14-13-15-8-5-6-10-9-3-1-2-4-11(9)16-12(10)7-8/h1-7,14H. The summed E-state index contributed by atoms with van der Waals surface area (Å²) in [4.78, 5) is 0. The zero-order chi connectivity index (χ0) is 11.0. The number of benzene rings is 2. The monoisotopic (exact) mass is 227 g/mol. The number of thiophene rings is 1. The number of hydrogen-bond acceptors (Lipinski definition) is 3. The summed E-state index contributed by atoms with van der Waals surface area (Å²) >= 11 is 1.73. The quantitative estimate of drug-likeness (QED) is 0.682. The number of hydrogen-bond donors (Lipinski definition) is 1. The van der Waals surface area contributed by atoms with Crippen LogP contribution in [0.25, 0.3) is 20.2 Å². The molecule has 0 atom stereocenters. The molecule has 0 bridgehead atoms. The molecule has 0 spiro atoms. The van der Waals surface area contributed by atoms with E-state index in [-0.39, 0.29) is 0 Å². The molecule has 3 aromatic rings. The smallest absolute Gasteiger partial charge is 0.537 e. The molecule has 1 N–H and O–H groups in total. The van der Waals surface area contributed by atoms with E-state index in [1.807, 2.05) is 30.3 Å². The van der Waals surface area contributed by atoms with Gasteiger partial charge in [0.2, 0.25) is 0 Å². The summed E-state index contributed by atoms with van der Waals surface area (Å²) in [5.74, 6) is 0.654. The van der Waals surface area contributed by atoms with Crippen LogP contribution in [-0.4, -0.2) is 12.7 Å². The van der Waals surface area contributed by atoms with Gasteiger partial charge in [-0.1, -0.05) is 18.2 Å². The molecule has 1 heterocycles. The molecule has 0 fully saturated rings. The molecule has 0 amide bonds. The van der Waals surface area contributed by atoms with E-state index < -0.39 is 0 Å². The van der Waals surface area contributed by atoms with E-state index >= 15 is 0 Å². The summed E-state index contributed by atoms with van der Waals surface area (Å²) in [5, 5.41) is 11.1. The fraction of sp³-hybridized carbons (Fsp3) is 0. The average Bonchev–Trinajstić information content (AvgIpc) is 2.67. The molecular formula is C12H8BO2S. The third-order valence-electron chi connectivity index (χ3n) is 2.54. The Balaban J connectivity index is 2.28. The maximum atomic E-state index is 8.59. The van der Waals surface area contributed by atoms with Gasteiger partial charge in [0.1, 0.15) is 5.75 Å². The fourth-order valence-corrected chi connectivity index (χ4v) is 2.97. The van der Waals surface area contributed by atoms with Gasteiger partial charge in [-0.2, -0.15) is 0 Å². The highest BCUT2D eigenvalue weighted by Crippen LogP contribution is 2.35. The van der Waals surface area contributed by atoms with Crippen molar-refractivity contribution in [2.24, 2.45) is 0 Å². The molecule has 1 radical (unpaired) electrons. The van der Waals surface area contributed by atoms with Gasteiger partial charge in [0, 0.05) is 20.2 Å². The molecule has 2 nitrogen and oxygen atoms in total. The minimum Gasteiger partial charge on any atom is -0.537 e. The molecule has 1 aromatic heterocycles. The molecule has 2 aromatic carbocycles. The Labute approximate surface area is 97.4 Å². The van der Waals surface area contributed by atoms with Crippen LogP contribution in [-0.2, 0) is 0 Å². The summed E-state index contributed by atoms with van der Waals surface area (Å²) in [6.45, 7) is 0. The first kappa shape index (κ1) is 9.69. The minimum absolute atomic E-state index is 0.654. The van der Waals surface area contributed by atoms with E-state index in [9.17, 15) is 0 Å². The highest BCUT2D eigenvalue weighted by molar-refractivity contribution is 7.25. The topological polar surface area (TPSA) is 29.5 Å². The minimum atomic E-state index is 0.654. The second kappa shape index (κ2) is 3.81. The van der Waals surface area contributed by atoms with Gasteiger partial charge in [-0.3, -0.25) is 0 Å². The first-order chi connectivity index (χ1) is 7.88. The summed E-state index contributed by atoms with van der Waals surface area (Å²) in [5.41, 5.74) is 0. The molecule has 0 aliphatic carbocycles. The normalized spacial score (nSPS) is 10.8. The summed E-state index contributed by atoms with van der Waals surface area (Å²) in [7, 11) is 0.703. The van der Waals surface area contributed by atoms with Crippen LogP contribution >= 0.6 is 11.3 Å². The van der Waals surface area contributed by atoms with Crippen LogP contribution < -0.4 is 4.65 Å².